The van der Waals surface area contributed by atoms with Gasteiger partial charge in [-0.3, -0.25) is 0 Å². The zero-order valence-electron chi connectivity index (χ0n) is 13.0. The highest BCUT2D eigenvalue weighted by Crippen LogP contribution is 2.34. The summed E-state index contributed by atoms with van der Waals surface area (Å²) in [4.78, 5) is 0.0483. The van der Waals surface area contributed by atoms with Crippen molar-refractivity contribution in [3.8, 4) is 22.6 Å². The van der Waals surface area contributed by atoms with Gasteiger partial charge in [0.1, 0.15) is 13.2 Å². The quantitative estimate of drug-likeness (QED) is 0.771. The van der Waals surface area contributed by atoms with Crippen molar-refractivity contribution in [3.63, 3.8) is 0 Å². The molecule has 7 nitrogen and oxygen atoms in total. The van der Waals surface area contributed by atoms with E-state index in [1.807, 2.05) is 30.3 Å². The molecule has 0 bridgehead atoms. The molecular weight excluding hydrogens is 344 g/mol. The zero-order valence-corrected chi connectivity index (χ0v) is 13.8. The largest absolute Gasteiger partial charge is 0.486 e. The maximum absolute atomic E-state index is 12.7. The topological polar surface area (TPSA) is 90.7 Å². The molecule has 0 aliphatic carbocycles. The summed E-state index contributed by atoms with van der Waals surface area (Å²) in [7, 11) is -3.87. The fraction of sp³-hybridized carbons (Fsp3) is 0.118. The summed E-state index contributed by atoms with van der Waals surface area (Å²) in [5, 5.41) is 3.70. The first-order chi connectivity index (χ1) is 12.1. The molecule has 2 heterocycles. The second-order valence-electron chi connectivity index (χ2n) is 5.35. The van der Waals surface area contributed by atoms with E-state index in [-0.39, 0.29) is 10.8 Å². The van der Waals surface area contributed by atoms with Gasteiger partial charge in [0.25, 0.3) is 10.0 Å². The van der Waals surface area contributed by atoms with E-state index in [1.54, 1.807) is 6.07 Å². The maximum Gasteiger partial charge on any atom is 0.264 e. The number of rotatable bonds is 4. The summed E-state index contributed by atoms with van der Waals surface area (Å²) >= 11 is 0. The smallest absolute Gasteiger partial charge is 0.264 e. The second kappa shape index (κ2) is 6.14. The molecule has 4 rings (SSSR count). The molecule has 0 radical (unpaired) electrons. The van der Waals surface area contributed by atoms with Crippen LogP contribution in [0.15, 0.2) is 64.1 Å². The van der Waals surface area contributed by atoms with E-state index in [2.05, 4.69) is 9.88 Å². The summed E-state index contributed by atoms with van der Waals surface area (Å²) in [6.07, 6.45) is 1.47. The number of anilines is 1. The standard InChI is InChI=1S/C17H14N2O5S/c20-25(21,13-6-7-15-16(10-13)23-9-8-22-15)19-17-14(11-18-24-17)12-4-2-1-3-5-12/h1-7,10-11,19H,8-9H2. The molecule has 0 spiro atoms. The van der Waals surface area contributed by atoms with Crippen LogP contribution >= 0.6 is 0 Å². The molecule has 0 amide bonds. The first-order valence-corrected chi connectivity index (χ1v) is 9.04. The molecule has 0 saturated heterocycles. The van der Waals surface area contributed by atoms with Crippen molar-refractivity contribution < 1.29 is 22.4 Å². The van der Waals surface area contributed by atoms with Crippen LogP contribution in [0.4, 0.5) is 5.88 Å². The van der Waals surface area contributed by atoms with Crippen molar-refractivity contribution in [2.24, 2.45) is 0 Å². The van der Waals surface area contributed by atoms with Crippen LogP contribution in [0, 0.1) is 0 Å². The van der Waals surface area contributed by atoms with Crippen LogP contribution in [0.1, 0.15) is 0 Å². The molecule has 25 heavy (non-hydrogen) atoms. The molecule has 1 N–H and O–H groups in total. The van der Waals surface area contributed by atoms with Crippen molar-refractivity contribution in [2.75, 3.05) is 17.9 Å². The number of nitrogens with one attached hydrogen (secondary N) is 1. The molecule has 2 aromatic carbocycles. The number of benzene rings is 2. The lowest BCUT2D eigenvalue weighted by Gasteiger charge is -2.18. The highest BCUT2D eigenvalue weighted by Gasteiger charge is 2.22. The van der Waals surface area contributed by atoms with Crippen LogP contribution in [0.5, 0.6) is 11.5 Å². The number of hydrogen-bond acceptors (Lipinski definition) is 6. The normalized spacial score (nSPS) is 13.4. The summed E-state index contributed by atoms with van der Waals surface area (Å²) in [6, 6.07) is 13.7. The van der Waals surface area contributed by atoms with Crippen molar-refractivity contribution in [1.29, 1.82) is 0 Å². The van der Waals surface area contributed by atoms with E-state index >= 15 is 0 Å². The number of ether oxygens (including phenoxy) is 2. The average Bonchev–Trinajstić information content (AvgIpc) is 3.09. The van der Waals surface area contributed by atoms with Gasteiger partial charge in [-0.25, -0.2) is 13.1 Å². The SMILES string of the molecule is O=S(=O)(Nc1oncc1-c1ccccc1)c1ccc2c(c1)OCCO2. The number of nitrogens with zero attached hydrogens (tertiary/aromatic N) is 1. The van der Waals surface area contributed by atoms with Gasteiger partial charge < -0.3 is 14.0 Å². The molecule has 0 atom stereocenters. The van der Waals surface area contributed by atoms with Crippen LogP contribution in [-0.2, 0) is 10.0 Å². The lowest BCUT2D eigenvalue weighted by molar-refractivity contribution is 0.171. The van der Waals surface area contributed by atoms with Crippen molar-refractivity contribution in [1.82, 2.24) is 5.16 Å². The average molecular weight is 358 g/mol. The zero-order chi connectivity index (χ0) is 17.3. The molecule has 0 unspecified atom stereocenters. The van der Waals surface area contributed by atoms with E-state index in [0.29, 0.717) is 30.3 Å². The molecule has 1 aliphatic heterocycles. The van der Waals surface area contributed by atoms with Gasteiger partial charge in [-0.1, -0.05) is 35.5 Å². The minimum Gasteiger partial charge on any atom is -0.486 e. The van der Waals surface area contributed by atoms with Gasteiger partial charge in [-0.2, -0.15) is 0 Å². The fourth-order valence-electron chi connectivity index (χ4n) is 2.51. The lowest BCUT2D eigenvalue weighted by Crippen LogP contribution is -2.17. The van der Waals surface area contributed by atoms with Crippen LogP contribution in [-0.4, -0.2) is 26.8 Å². The van der Waals surface area contributed by atoms with Gasteiger partial charge in [0.2, 0.25) is 5.88 Å². The predicted octanol–water partition coefficient (Wildman–Crippen LogP) is 2.91. The molecule has 128 valence electrons. The summed E-state index contributed by atoms with van der Waals surface area (Å²) in [5.74, 6) is 0.978. The van der Waals surface area contributed by atoms with Gasteiger partial charge in [0, 0.05) is 6.07 Å². The van der Waals surface area contributed by atoms with E-state index in [9.17, 15) is 8.42 Å². The molecular formula is C17H14N2O5S. The van der Waals surface area contributed by atoms with Crippen LogP contribution in [0.25, 0.3) is 11.1 Å². The highest BCUT2D eigenvalue weighted by atomic mass is 32.2. The fourth-order valence-corrected chi connectivity index (χ4v) is 3.53. The number of fused-ring (bicyclic) bond motifs is 1. The third-order valence-electron chi connectivity index (χ3n) is 3.71. The Bertz CT molecular complexity index is 999. The van der Waals surface area contributed by atoms with Crippen molar-refractivity contribution in [3.05, 3.63) is 54.7 Å². The minimum absolute atomic E-state index is 0.0483. The van der Waals surface area contributed by atoms with Gasteiger partial charge in [0.05, 0.1) is 16.7 Å². The third-order valence-corrected chi connectivity index (χ3v) is 5.03. The van der Waals surface area contributed by atoms with Crippen molar-refractivity contribution in [2.45, 2.75) is 4.90 Å². The third kappa shape index (κ3) is 3.03. The lowest BCUT2D eigenvalue weighted by atomic mass is 10.1. The molecule has 1 aromatic heterocycles. The second-order valence-corrected chi connectivity index (χ2v) is 7.03. The Kier molecular flexibility index (Phi) is 3.81. The van der Waals surface area contributed by atoms with Gasteiger partial charge in [0.15, 0.2) is 11.5 Å². The summed E-state index contributed by atoms with van der Waals surface area (Å²) < 4.78 is 43.7. The van der Waals surface area contributed by atoms with Gasteiger partial charge in [-0.15, -0.1) is 0 Å². The molecule has 3 aromatic rings. The molecule has 0 fully saturated rings. The van der Waals surface area contributed by atoms with E-state index < -0.39 is 10.0 Å². The number of hydrogen-bond donors (Lipinski definition) is 1. The highest BCUT2D eigenvalue weighted by molar-refractivity contribution is 7.92. The maximum atomic E-state index is 12.7. The molecule has 1 aliphatic rings. The Hall–Kier alpha value is -3.00. The Morgan fingerprint density at radius 1 is 0.960 bits per heavy atom. The Labute approximate surface area is 144 Å². The monoisotopic (exact) mass is 358 g/mol. The number of sulfonamides is 1. The Morgan fingerprint density at radius 2 is 1.72 bits per heavy atom. The van der Waals surface area contributed by atoms with Gasteiger partial charge in [-0.05, 0) is 17.7 Å². The van der Waals surface area contributed by atoms with E-state index in [1.165, 1.54) is 18.3 Å². The van der Waals surface area contributed by atoms with Crippen LogP contribution in [0.3, 0.4) is 0 Å². The van der Waals surface area contributed by atoms with E-state index in [4.69, 9.17) is 14.0 Å². The summed E-state index contributed by atoms with van der Waals surface area (Å²) in [5.41, 5.74) is 1.35. The van der Waals surface area contributed by atoms with Crippen LogP contribution in [0.2, 0.25) is 0 Å². The van der Waals surface area contributed by atoms with Crippen LogP contribution < -0.4 is 14.2 Å². The predicted molar refractivity (Wildman–Crippen MR) is 90.2 cm³/mol. The number of aromatic nitrogens is 1. The van der Waals surface area contributed by atoms with Gasteiger partial charge >= 0.3 is 0 Å². The molecule has 0 saturated carbocycles. The molecule has 8 heteroatoms. The summed E-state index contributed by atoms with van der Waals surface area (Å²) in [6.45, 7) is 0.819. The Morgan fingerprint density at radius 3 is 2.52 bits per heavy atom. The first-order valence-electron chi connectivity index (χ1n) is 7.56. The minimum atomic E-state index is -3.87. The van der Waals surface area contributed by atoms with E-state index in [0.717, 1.165) is 5.56 Å². The Balaban J connectivity index is 1.66. The first kappa shape index (κ1) is 15.5. The van der Waals surface area contributed by atoms with Crippen molar-refractivity contribution >= 4 is 15.9 Å².